The van der Waals surface area contributed by atoms with Gasteiger partial charge in [0, 0.05) is 26.1 Å². The molecule has 20 aromatic rings. The van der Waals surface area contributed by atoms with Crippen molar-refractivity contribution >= 4 is 110 Å². The molecule has 0 atom stereocenters. The Morgan fingerprint density at radius 1 is 0.250 bits per heavy atom. The summed E-state index contributed by atoms with van der Waals surface area (Å²) in [6.45, 7) is 8.38. The maximum Gasteiger partial charge on any atom is 0.494 e. The van der Waals surface area contributed by atoms with Crippen LogP contribution < -0.4 is 5.46 Å². The lowest BCUT2D eigenvalue weighted by Gasteiger charge is -2.32. The second kappa shape index (κ2) is 31.3. The summed E-state index contributed by atoms with van der Waals surface area (Å²) >= 11 is 9.45. The molecule has 0 N–H and O–H groups in total. The van der Waals surface area contributed by atoms with Crippen LogP contribution in [0.2, 0.25) is 5.28 Å². The van der Waals surface area contributed by atoms with Gasteiger partial charge in [0.05, 0.1) is 21.0 Å². The van der Waals surface area contributed by atoms with Crippen LogP contribution in [0.25, 0.3) is 186 Å². The summed E-state index contributed by atoms with van der Waals surface area (Å²) in [4.78, 5) is 30.2. The predicted molar refractivity (Wildman–Crippen MR) is 487 cm³/mol. The van der Waals surface area contributed by atoms with Crippen LogP contribution in [0.3, 0.4) is 0 Å². The van der Waals surface area contributed by atoms with E-state index in [1.807, 2.05) is 60.7 Å². The van der Waals surface area contributed by atoms with Crippen LogP contribution in [0.15, 0.2) is 376 Å². The number of nitrogens with zero attached hydrogens (tertiary/aromatic N) is 6. The van der Waals surface area contributed by atoms with E-state index in [-0.39, 0.29) is 23.6 Å². The van der Waals surface area contributed by atoms with Gasteiger partial charge in [0.15, 0.2) is 29.1 Å². The highest BCUT2D eigenvalue weighted by Crippen LogP contribution is 2.49. The highest BCUT2D eigenvalue weighted by molar-refractivity contribution is 7.22. The first-order valence-corrected chi connectivity index (χ1v) is 40.9. The number of rotatable bonds is 12. The molecule has 0 unspecified atom stereocenters. The van der Waals surface area contributed by atoms with E-state index in [0.717, 1.165) is 37.5 Å². The Bertz CT molecular complexity index is 6850. The Labute approximate surface area is 686 Å². The summed E-state index contributed by atoms with van der Waals surface area (Å²) < 4.78 is 15.1. The molecule has 21 rings (SSSR count). The molecule has 16 aromatic carbocycles. The molecule has 554 valence electrons. The second-order valence-corrected chi connectivity index (χ2v) is 32.4. The van der Waals surface area contributed by atoms with Crippen molar-refractivity contribution in [3.8, 4) is 122 Å². The highest BCUT2D eigenvalue weighted by atomic mass is 35.5. The van der Waals surface area contributed by atoms with Crippen LogP contribution in [0.4, 0.5) is 0 Å². The second-order valence-electron chi connectivity index (χ2n) is 29.9. The van der Waals surface area contributed by atoms with E-state index < -0.39 is 0 Å². The van der Waals surface area contributed by atoms with Crippen molar-refractivity contribution in [2.75, 3.05) is 0 Å². The zero-order chi connectivity index (χ0) is 78.3. The topological polar surface area (TPSA) is 95.8 Å². The lowest BCUT2D eigenvalue weighted by atomic mass is 9.78. The number of hydrogen-bond acceptors (Lipinski definition) is 10. The summed E-state index contributed by atoms with van der Waals surface area (Å²) in [5.41, 5.74) is 17.8. The number of hydrogen-bond donors (Lipinski definition) is 0. The van der Waals surface area contributed by atoms with Crippen molar-refractivity contribution in [2.45, 2.75) is 38.9 Å². The third kappa shape index (κ3) is 14.2. The maximum absolute atomic E-state index is 6.33. The van der Waals surface area contributed by atoms with Crippen LogP contribution in [-0.2, 0) is 9.31 Å². The van der Waals surface area contributed by atoms with Crippen LogP contribution in [0.5, 0.6) is 0 Å². The summed E-state index contributed by atoms with van der Waals surface area (Å²) in [6, 6.07) is 132. The third-order valence-electron chi connectivity index (χ3n) is 22.2. The molecule has 0 aliphatic carbocycles. The number of benzene rings is 16. The Balaban J connectivity index is 0.000000126. The molecule has 4 aromatic heterocycles. The molecule has 8 nitrogen and oxygen atoms in total. The SMILES string of the molecule is CC1(C)OB(c2ccc(-c3c4ccccc4c(-c4ccccc4-c4ccccc4)c4ccccc34)cc2)OC1(C)C.Clc1nc(-c2ccccc2)nc(-c2cc3ccccc3s2)n1.c1ccc(-c2nc(-c3ccc(-c4c5ccccc5c(-c5ccccc5-c5ccccc5)c5ccccc45)cc3)nc(-c3cc4ccccc4s3)n2)cc1. The number of fused-ring (bicyclic) bond motifs is 6. The minimum atomic E-state index is -0.376. The van der Waals surface area contributed by atoms with Gasteiger partial charge < -0.3 is 9.31 Å². The van der Waals surface area contributed by atoms with Crippen molar-refractivity contribution in [2.24, 2.45) is 0 Å². The van der Waals surface area contributed by atoms with Gasteiger partial charge in [-0.25, -0.2) is 19.9 Å². The molecule has 1 fully saturated rings. The Hall–Kier alpha value is -13.2. The molecule has 0 radical (unpaired) electrons. The van der Waals surface area contributed by atoms with E-state index in [1.54, 1.807) is 22.7 Å². The van der Waals surface area contributed by atoms with Gasteiger partial charge in [-0.05, 0) is 190 Å². The first-order chi connectivity index (χ1) is 56.9. The molecule has 12 heteroatoms. The van der Waals surface area contributed by atoms with Gasteiger partial charge in [0.25, 0.3) is 0 Å². The minimum absolute atomic E-state index is 0.210. The van der Waals surface area contributed by atoms with Crippen molar-refractivity contribution in [1.82, 2.24) is 29.9 Å². The number of aromatic nitrogens is 6. The first-order valence-electron chi connectivity index (χ1n) is 38.9. The predicted octanol–water partition coefficient (Wildman–Crippen LogP) is 27.8. The number of thiophene rings is 2. The maximum atomic E-state index is 6.33. The molecule has 0 spiro atoms. The standard InChI is InChI=1S/C49H31N3S.C38H33BO2.C17H10ClN3S/c1-3-15-32(16-4-1)37-20-8-9-21-38(37)46-41-24-12-10-22-39(41)45(40-23-11-13-25-42(40)46)33-27-29-35(30-28-33)48-50-47(34-17-5-2-6-18-34)51-49(52-48)44-31-36-19-7-14-26-43(36)53-44;1-37(2)38(3,4)41-39(40-37)28-24-22-27(23-25-28)35-31-18-10-12-20-33(31)36(34-21-13-11-19-32(34)35)30-17-9-8-16-29(30)26-14-6-5-7-15-26;18-17-20-15(11-6-2-1-3-7-11)19-16(21-17)14-10-12-8-4-5-9-13(12)22-14/h1-31H;5-25H,1-4H3;1-10H. The van der Waals surface area contributed by atoms with Gasteiger partial charge in [-0.15, -0.1) is 22.7 Å². The van der Waals surface area contributed by atoms with E-state index in [1.165, 1.54) is 124 Å². The molecule has 116 heavy (non-hydrogen) atoms. The Kier molecular flexibility index (Phi) is 19.7. The van der Waals surface area contributed by atoms with E-state index in [4.69, 9.17) is 35.9 Å². The average Bonchev–Trinajstić information content (AvgIpc) is 1.67. The monoisotopic (exact) mass is 1550 g/mol. The van der Waals surface area contributed by atoms with E-state index in [2.05, 4.69) is 358 Å². The summed E-state index contributed by atoms with van der Waals surface area (Å²) in [5.74, 6) is 3.20. The smallest absolute Gasteiger partial charge is 0.399 e. The van der Waals surface area contributed by atoms with Gasteiger partial charge >= 0.3 is 7.12 Å². The molecule has 1 aliphatic heterocycles. The Morgan fingerprint density at radius 3 is 0.897 bits per heavy atom. The Morgan fingerprint density at radius 2 is 0.517 bits per heavy atom. The van der Waals surface area contributed by atoms with Crippen LogP contribution in [0.1, 0.15) is 27.7 Å². The van der Waals surface area contributed by atoms with Crippen molar-refractivity contribution in [1.29, 1.82) is 0 Å². The summed E-state index contributed by atoms with van der Waals surface area (Å²) in [7, 11) is -0.376. The summed E-state index contributed by atoms with van der Waals surface area (Å²) in [5, 5.41) is 12.5. The molecule has 0 amide bonds. The fourth-order valence-corrected chi connectivity index (χ4v) is 18.0. The van der Waals surface area contributed by atoms with Gasteiger partial charge in [-0.2, -0.15) is 9.97 Å². The lowest BCUT2D eigenvalue weighted by Crippen LogP contribution is -2.41. The van der Waals surface area contributed by atoms with Gasteiger partial charge in [-0.3, -0.25) is 0 Å². The minimum Gasteiger partial charge on any atom is -0.399 e. The van der Waals surface area contributed by atoms with Crippen molar-refractivity contribution < 1.29 is 9.31 Å². The first kappa shape index (κ1) is 73.0. The molecule has 5 heterocycles. The van der Waals surface area contributed by atoms with Gasteiger partial charge in [0.2, 0.25) is 5.28 Å². The molecule has 1 saturated heterocycles. The van der Waals surface area contributed by atoms with E-state index in [9.17, 15) is 0 Å². The highest BCUT2D eigenvalue weighted by Gasteiger charge is 2.51. The summed E-state index contributed by atoms with van der Waals surface area (Å²) in [6.07, 6.45) is 0. The lowest BCUT2D eigenvalue weighted by molar-refractivity contribution is 0.00578. The molecule has 0 saturated carbocycles. The average molecular weight is 1550 g/mol. The zero-order valence-corrected chi connectivity index (χ0v) is 66.5. The quantitative estimate of drug-likeness (QED) is 0.0882. The molecule has 0 bridgehead atoms. The number of halogens is 1. The fourth-order valence-electron chi connectivity index (χ4n) is 15.9. The fraction of sp³-hybridized carbons (Fsp3) is 0.0577. The van der Waals surface area contributed by atoms with E-state index >= 15 is 0 Å². The van der Waals surface area contributed by atoms with Gasteiger partial charge in [-0.1, -0.05) is 352 Å². The van der Waals surface area contributed by atoms with Crippen molar-refractivity contribution in [3.05, 3.63) is 381 Å². The van der Waals surface area contributed by atoms with Crippen LogP contribution in [0, 0.1) is 0 Å². The molecular weight excluding hydrogens is 1480 g/mol. The largest absolute Gasteiger partial charge is 0.494 e. The molecule has 1 aliphatic rings. The van der Waals surface area contributed by atoms with Gasteiger partial charge in [0.1, 0.15) is 0 Å². The van der Waals surface area contributed by atoms with Crippen LogP contribution in [-0.4, -0.2) is 48.2 Å². The normalized spacial score (nSPS) is 12.9. The third-order valence-corrected chi connectivity index (χ3v) is 24.6. The van der Waals surface area contributed by atoms with Crippen LogP contribution >= 0.6 is 34.3 Å². The molecular formula is C104H74BClN6O2S2. The zero-order valence-electron chi connectivity index (χ0n) is 64.1. The van der Waals surface area contributed by atoms with Crippen molar-refractivity contribution in [3.63, 3.8) is 0 Å². The van der Waals surface area contributed by atoms with E-state index in [0.29, 0.717) is 29.1 Å².